The molecule has 2 amide bonds. The average molecular weight is 576 g/mol. The van der Waals surface area contributed by atoms with E-state index in [9.17, 15) is 23.6 Å². The van der Waals surface area contributed by atoms with Crippen molar-refractivity contribution in [2.75, 3.05) is 43.1 Å². The van der Waals surface area contributed by atoms with Gasteiger partial charge in [0.05, 0.1) is 31.8 Å². The number of aryl methyl sites for hydroxylation is 1. The third-order valence-electron chi connectivity index (χ3n) is 8.07. The lowest BCUT2D eigenvalue weighted by Crippen LogP contribution is -2.53. The lowest BCUT2D eigenvalue weighted by atomic mass is 10.1. The zero-order valence-corrected chi connectivity index (χ0v) is 23.5. The van der Waals surface area contributed by atoms with E-state index in [0.29, 0.717) is 43.6 Å². The number of benzene rings is 2. The number of aromatic nitrogens is 4. The summed E-state index contributed by atoms with van der Waals surface area (Å²) in [7, 11) is 4.49. The second-order valence-corrected chi connectivity index (χ2v) is 10.5. The highest BCUT2D eigenvalue weighted by molar-refractivity contribution is 6.23. The number of piperazine rings is 1. The largest absolute Gasteiger partial charge is 0.495 e. The normalized spacial score (nSPS) is 18.0. The van der Waals surface area contributed by atoms with Gasteiger partial charge < -0.3 is 9.64 Å². The Balaban J connectivity index is 1.29. The Kier molecular flexibility index (Phi) is 6.89. The van der Waals surface area contributed by atoms with Crippen LogP contribution in [0.1, 0.15) is 12.0 Å². The van der Waals surface area contributed by atoms with E-state index >= 15 is 0 Å². The molecule has 12 nitrogen and oxygen atoms in total. The van der Waals surface area contributed by atoms with E-state index in [1.165, 1.54) is 35.8 Å². The maximum absolute atomic E-state index is 13.6. The number of fused-ring (bicyclic) bond motifs is 1. The molecule has 4 heterocycles. The monoisotopic (exact) mass is 575 g/mol. The Hall–Kier alpha value is -4.78. The Morgan fingerprint density at radius 2 is 1.62 bits per heavy atom. The van der Waals surface area contributed by atoms with E-state index in [4.69, 9.17) is 9.72 Å². The van der Waals surface area contributed by atoms with Gasteiger partial charge in [-0.1, -0.05) is 24.3 Å². The summed E-state index contributed by atoms with van der Waals surface area (Å²) in [5.74, 6) is 0.00454. The second kappa shape index (κ2) is 10.6. The smallest absolute Gasteiger partial charge is 0.332 e. The summed E-state index contributed by atoms with van der Waals surface area (Å²) in [6, 6.07) is 12.3. The molecule has 2 aliphatic rings. The van der Waals surface area contributed by atoms with Crippen LogP contribution in [0.5, 0.6) is 5.75 Å². The van der Waals surface area contributed by atoms with E-state index in [1.54, 1.807) is 48.0 Å². The number of hydrogen-bond donors (Lipinski definition) is 0. The molecule has 4 aromatic rings. The minimum atomic E-state index is -0.601. The quantitative estimate of drug-likeness (QED) is 0.314. The number of amides is 2. The molecule has 0 radical (unpaired) electrons. The van der Waals surface area contributed by atoms with Crippen molar-refractivity contribution in [2.24, 2.45) is 14.1 Å². The standard InChI is InChI=1S/C29H30FN7O5/c1-32-25-24(27(40)33(2)29(32)41)36(17-18-8-10-19(30)11-9-18)28(31-25)35-14-12-34(13-15-35)21-16-23(38)37(26(21)39)20-6-4-5-7-22(20)42-3/h4-11,21H,12-17H2,1-3H3. The first kappa shape index (κ1) is 27.4. The zero-order chi connectivity index (χ0) is 29.7. The molecule has 1 atom stereocenters. The van der Waals surface area contributed by atoms with Crippen molar-refractivity contribution in [3.8, 4) is 5.75 Å². The fraction of sp³-hybridized carbons (Fsp3) is 0.345. The van der Waals surface area contributed by atoms with Crippen LogP contribution < -0.4 is 25.8 Å². The number of para-hydroxylation sites is 2. The fourth-order valence-corrected chi connectivity index (χ4v) is 5.80. The molecule has 0 N–H and O–H groups in total. The molecule has 42 heavy (non-hydrogen) atoms. The minimum Gasteiger partial charge on any atom is -0.495 e. The molecule has 0 bridgehead atoms. The van der Waals surface area contributed by atoms with Crippen LogP contribution in [0.15, 0.2) is 58.1 Å². The molecule has 6 rings (SSSR count). The zero-order valence-electron chi connectivity index (χ0n) is 23.5. The topological polar surface area (TPSA) is 115 Å². The Labute approximate surface area is 239 Å². The van der Waals surface area contributed by atoms with E-state index in [1.807, 2.05) is 9.80 Å². The number of ether oxygens (including phenoxy) is 1. The predicted molar refractivity (Wildman–Crippen MR) is 153 cm³/mol. The number of carbonyl (C=O) groups is 2. The average Bonchev–Trinajstić information content (AvgIpc) is 3.52. The maximum atomic E-state index is 13.6. The maximum Gasteiger partial charge on any atom is 0.332 e. The van der Waals surface area contributed by atoms with Gasteiger partial charge in [-0.3, -0.25) is 33.0 Å². The van der Waals surface area contributed by atoms with Gasteiger partial charge in [-0.05, 0) is 29.8 Å². The van der Waals surface area contributed by atoms with Crippen LogP contribution >= 0.6 is 0 Å². The summed E-state index contributed by atoms with van der Waals surface area (Å²) in [5, 5.41) is 0. The fourth-order valence-electron chi connectivity index (χ4n) is 5.80. The van der Waals surface area contributed by atoms with Crippen LogP contribution in [0.2, 0.25) is 0 Å². The lowest BCUT2D eigenvalue weighted by Gasteiger charge is -2.37. The number of imidazole rings is 1. The van der Waals surface area contributed by atoms with Crippen molar-refractivity contribution in [1.82, 2.24) is 23.6 Å². The molecule has 2 aromatic carbocycles. The first-order valence-electron chi connectivity index (χ1n) is 13.6. The molecule has 0 saturated carbocycles. The predicted octanol–water partition coefficient (Wildman–Crippen LogP) is 1.08. The van der Waals surface area contributed by atoms with Crippen LogP contribution in [0.25, 0.3) is 11.2 Å². The van der Waals surface area contributed by atoms with Crippen molar-refractivity contribution in [3.05, 3.63) is 80.7 Å². The van der Waals surface area contributed by atoms with E-state index in [-0.39, 0.29) is 41.8 Å². The van der Waals surface area contributed by atoms with Gasteiger partial charge in [0.2, 0.25) is 11.9 Å². The number of carbonyl (C=O) groups excluding carboxylic acids is 2. The van der Waals surface area contributed by atoms with Gasteiger partial charge in [0.1, 0.15) is 11.6 Å². The van der Waals surface area contributed by atoms with E-state index < -0.39 is 17.3 Å². The molecule has 2 fully saturated rings. The summed E-state index contributed by atoms with van der Waals surface area (Å²) in [6.45, 7) is 2.12. The molecule has 2 saturated heterocycles. The molecule has 2 aliphatic heterocycles. The van der Waals surface area contributed by atoms with Gasteiger partial charge in [-0.25, -0.2) is 14.1 Å². The number of halogens is 1. The Bertz CT molecular complexity index is 1820. The van der Waals surface area contributed by atoms with Crippen molar-refractivity contribution in [3.63, 3.8) is 0 Å². The SMILES string of the molecule is COc1ccccc1N1C(=O)CC(N2CCN(c3nc4c(c(=O)n(C)c(=O)n4C)n3Cc3ccc(F)cc3)CC2)C1=O. The summed E-state index contributed by atoms with van der Waals surface area (Å²) in [5.41, 5.74) is 0.756. The minimum absolute atomic E-state index is 0.0676. The summed E-state index contributed by atoms with van der Waals surface area (Å²) in [4.78, 5) is 62.3. The van der Waals surface area contributed by atoms with Gasteiger partial charge in [-0.2, -0.15) is 4.98 Å². The number of methoxy groups -OCH3 is 1. The van der Waals surface area contributed by atoms with Crippen molar-refractivity contribution in [1.29, 1.82) is 0 Å². The first-order valence-corrected chi connectivity index (χ1v) is 13.6. The molecule has 0 aliphatic carbocycles. The van der Waals surface area contributed by atoms with Crippen LogP contribution in [-0.4, -0.2) is 74.7 Å². The van der Waals surface area contributed by atoms with Crippen molar-refractivity contribution < 1.29 is 18.7 Å². The number of nitrogens with zero attached hydrogens (tertiary/aromatic N) is 7. The number of imide groups is 1. The van der Waals surface area contributed by atoms with Gasteiger partial charge >= 0.3 is 5.69 Å². The van der Waals surface area contributed by atoms with Crippen molar-refractivity contribution in [2.45, 2.75) is 19.0 Å². The van der Waals surface area contributed by atoms with Gasteiger partial charge in [-0.15, -0.1) is 0 Å². The molecular formula is C29H30FN7O5. The third kappa shape index (κ3) is 4.45. The van der Waals surface area contributed by atoms with E-state index in [0.717, 1.165) is 10.1 Å². The lowest BCUT2D eigenvalue weighted by molar-refractivity contribution is -0.123. The molecule has 218 valence electrons. The van der Waals surface area contributed by atoms with E-state index in [2.05, 4.69) is 0 Å². The number of anilines is 2. The summed E-state index contributed by atoms with van der Waals surface area (Å²) in [6.07, 6.45) is 0.0676. The van der Waals surface area contributed by atoms with Crippen LogP contribution in [0.3, 0.4) is 0 Å². The van der Waals surface area contributed by atoms with Crippen LogP contribution in [-0.2, 0) is 30.2 Å². The first-order chi connectivity index (χ1) is 20.2. The van der Waals surface area contributed by atoms with Gasteiger partial charge in [0.15, 0.2) is 11.2 Å². The number of rotatable bonds is 6. The molecular weight excluding hydrogens is 545 g/mol. The second-order valence-electron chi connectivity index (χ2n) is 10.5. The van der Waals surface area contributed by atoms with Crippen LogP contribution in [0.4, 0.5) is 16.0 Å². The van der Waals surface area contributed by atoms with Crippen molar-refractivity contribution >= 4 is 34.6 Å². The van der Waals surface area contributed by atoms with Crippen LogP contribution in [0, 0.1) is 5.82 Å². The Morgan fingerprint density at radius 3 is 2.31 bits per heavy atom. The highest BCUT2D eigenvalue weighted by Crippen LogP contribution is 2.33. The molecule has 2 aromatic heterocycles. The molecule has 0 spiro atoms. The number of hydrogen-bond acceptors (Lipinski definition) is 8. The summed E-state index contributed by atoms with van der Waals surface area (Å²) < 4.78 is 23.1. The summed E-state index contributed by atoms with van der Waals surface area (Å²) >= 11 is 0. The van der Waals surface area contributed by atoms with Gasteiger partial charge in [0, 0.05) is 40.3 Å². The Morgan fingerprint density at radius 1 is 0.929 bits per heavy atom. The molecule has 13 heteroatoms. The molecule has 1 unspecified atom stereocenters. The highest BCUT2D eigenvalue weighted by atomic mass is 19.1. The highest BCUT2D eigenvalue weighted by Gasteiger charge is 2.44. The van der Waals surface area contributed by atoms with Gasteiger partial charge in [0.25, 0.3) is 11.5 Å². The third-order valence-corrected chi connectivity index (χ3v) is 8.07.